The van der Waals surface area contributed by atoms with Crippen molar-refractivity contribution in [3.8, 4) is 11.4 Å². The van der Waals surface area contributed by atoms with Crippen LogP contribution in [-0.2, 0) is 6.54 Å². The van der Waals surface area contributed by atoms with E-state index >= 15 is 0 Å². The molecule has 0 fully saturated rings. The molecule has 0 unspecified atom stereocenters. The molecule has 29 heavy (non-hydrogen) atoms. The van der Waals surface area contributed by atoms with E-state index in [0.29, 0.717) is 6.54 Å². The Morgan fingerprint density at radius 2 is 2.17 bits per heavy atom. The van der Waals surface area contributed by atoms with Gasteiger partial charge in [0.15, 0.2) is 0 Å². The highest BCUT2D eigenvalue weighted by molar-refractivity contribution is 7.10. The second kappa shape index (κ2) is 9.09. The number of rotatable bonds is 7. The van der Waals surface area contributed by atoms with Gasteiger partial charge in [0, 0.05) is 22.5 Å². The molecule has 0 radical (unpaired) electrons. The van der Waals surface area contributed by atoms with Gasteiger partial charge in [-0.1, -0.05) is 17.7 Å². The summed E-state index contributed by atoms with van der Waals surface area (Å²) in [6.07, 6.45) is 8.25. The minimum Gasteiger partial charge on any atom is -0.352 e. The first-order chi connectivity index (χ1) is 14.1. The van der Waals surface area contributed by atoms with Crippen LogP contribution in [0.3, 0.4) is 0 Å². The van der Waals surface area contributed by atoms with Crippen molar-refractivity contribution >= 4 is 28.6 Å². The first-order valence-corrected chi connectivity index (χ1v) is 12.0. The number of carbonyl (C=O) groups excluding carboxylic acids is 1. The van der Waals surface area contributed by atoms with Crippen molar-refractivity contribution in [2.24, 2.45) is 0 Å². The van der Waals surface area contributed by atoms with Crippen molar-refractivity contribution in [1.82, 2.24) is 14.9 Å². The van der Waals surface area contributed by atoms with Gasteiger partial charge >= 0.3 is 0 Å². The van der Waals surface area contributed by atoms with Gasteiger partial charge in [-0.3, -0.25) is 4.79 Å². The summed E-state index contributed by atoms with van der Waals surface area (Å²) in [5.41, 5.74) is 5.19. The molecule has 0 saturated carbocycles. The first kappa shape index (κ1) is 20.1. The lowest BCUT2D eigenvalue weighted by atomic mass is 9.97. The standard InChI is InChI=1S/C23H27N3OS2/c1-16-20(23(27)24-11-10-18-7-4-3-5-8-18)13-22(21-15-29-17(2)25-21)26(16)14-19-9-6-12-28-19/h6-7,9,12-13,15H,3-5,8,10-11,14H2,1-2H3,(H,24,27). The van der Waals surface area contributed by atoms with Gasteiger partial charge in [-0.15, -0.1) is 22.7 Å². The molecule has 0 spiro atoms. The molecule has 3 aromatic heterocycles. The van der Waals surface area contributed by atoms with Gasteiger partial charge in [0.05, 0.1) is 28.5 Å². The summed E-state index contributed by atoms with van der Waals surface area (Å²) >= 11 is 3.38. The summed E-state index contributed by atoms with van der Waals surface area (Å²) in [7, 11) is 0. The summed E-state index contributed by atoms with van der Waals surface area (Å²) in [5, 5.41) is 8.34. The van der Waals surface area contributed by atoms with Crippen molar-refractivity contribution in [2.75, 3.05) is 6.54 Å². The summed E-state index contributed by atoms with van der Waals surface area (Å²) in [6, 6.07) is 6.21. The number of thiophene rings is 1. The molecule has 1 amide bonds. The predicted molar refractivity (Wildman–Crippen MR) is 122 cm³/mol. The summed E-state index contributed by atoms with van der Waals surface area (Å²) in [6.45, 7) is 5.51. The molecule has 0 aromatic carbocycles. The number of nitrogens with one attached hydrogen (secondary N) is 1. The minimum absolute atomic E-state index is 0.0111. The van der Waals surface area contributed by atoms with Crippen LogP contribution in [0.1, 0.15) is 58.0 Å². The number of amides is 1. The Hall–Kier alpha value is -2.18. The normalized spacial score (nSPS) is 14.1. The molecule has 1 aliphatic rings. The van der Waals surface area contributed by atoms with Crippen LogP contribution in [0.5, 0.6) is 0 Å². The Kier molecular flexibility index (Phi) is 6.31. The quantitative estimate of drug-likeness (QED) is 0.475. The Morgan fingerprint density at radius 3 is 2.86 bits per heavy atom. The van der Waals surface area contributed by atoms with Crippen LogP contribution in [0.2, 0.25) is 0 Å². The minimum atomic E-state index is 0.0111. The maximum atomic E-state index is 13.0. The molecule has 3 aromatic rings. The molecule has 6 heteroatoms. The van der Waals surface area contributed by atoms with Crippen molar-refractivity contribution in [2.45, 2.75) is 52.5 Å². The molecule has 0 bridgehead atoms. The molecular formula is C23H27N3OS2. The maximum absolute atomic E-state index is 13.0. The molecular weight excluding hydrogens is 398 g/mol. The number of hydrogen-bond acceptors (Lipinski definition) is 4. The van der Waals surface area contributed by atoms with E-state index in [-0.39, 0.29) is 5.91 Å². The highest BCUT2D eigenvalue weighted by Crippen LogP contribution is 2.29. The number of allylic oxidation sites excluding steroid dienone is 1. The second-order valence-corrected chi connectivity index (χ2v) is 9.65. The molecule has 0 atom stereocenters. The van der Waals surface area contributed by atoms with Crippen molar-refractivity contribution in [1.29, 1.82) is 0 Å². The Labute approximate surface area is 180 Å². The van der Waals surface area contributed by atoms with Crippen LogP contribution >= 0.6 is 22.7 Å². The third-order valence-electron chi connectivity index (χ3n) is 5.50. The van der Waals surface area contributed by atoms with Crippen LogP contribution in [0.25, 0.3) is 11.4 Å². The predicted octanol–water partition coefficient (Wildman–Crippen LogP) is 5.96. The van der Waals surface area contributed by atoms with E-state index in [1.807, 2.05) is 19.9 Å². The van der Waals surface area contributed by atoms with E-state index in [1.54, 1.807) is 22.7 Å². The average molecular weight is 426 g/mol. The largest absolute Gasteiger partial charge is 0.352 e. The number of aromatic nitrogens is 2. The van der Waals surface area contributed by atoms with Gasteiger partial charge in [-0.05, 0) is 63.5 Å². The van der Waals surface area contributed by atoms with Crippen LogP contribution in [0, 0.1) is 13.8 Å². The summed E-state index contributed by atoms with van der Waals surface area (Å²) < 4.78 is 2.22. The third kappa shape index (κ3) is 4.70. The highest BCUT2D eigenvalue weighted by atomic mass is 32.1. The van der Waals surface area contributed by atoms with E-state index in [2.05, 4.69) is 43.8 Å². The Morgan fingerprint density at radius 1 is 1.28 bits per heavy atom. The van der Waals surface area contributed by atoms with E-state index in [0.717, 1.165) is 40.6 Å². The number of aryl methyl sites for hydroxylation is 1. The fourth-order valence-corrected chi connectivity index (χ4v) is 5.19. The smallest absolute Gasteiger partial charge is 0.253 e. The lowest BCUT2D eigenvalue weighted by Gasteiger charge is -2.13. The Balaban J connectivity index is 1.55. The van der Waals surface area contributed by atoms with Gasteiger partial charge < -0.3 is 9.88 Å². The van der Waals surface area contributed by atoms with Gasteiger partial charge in [0.1, 0.15) is 0 Å². The van der Waals surface area contributed by atoms with Crippen LogP contribution < -0.4 is 5.32 Å². The van der Waals surface area contributed by atoms with Gasteiger partial charge in [0.25, 0.3) is 5.91 Å². The van der Waals surface area contributed by atoms with Crippen LogP contribution in [-0.4, -0.2) is 22.0 Å². The topological polar surface area (TPSA) is 46.9 Å². The number of hydrogen-bond donors (Lipinski definition) is 1. The maximum Gasteiger partial charge on any atom is 0.253 e. The zero-order chi connectivity index (χ0) is 20.2. The zero-order valence-corrected chi connectivity index (χ0v) is 18.7. The Bertz CT molecular complexity index is 1010. The highest BCUT2D eigenvalue weighted by Gasteiger charge is 2.20. The average Bonchev–Trinajstić information content (AvgIpc) is 3.45. The SMILES string of the molecule is Cc1nc(-c2cc(C(=O)NCCC3=CCCCC3)c(C)n2Cc2cccs2)cs1. The lowest BCUT2D eigenvalue weighted by Crippen LogP contribution is -2.25. The van der Waals surface area contributed by atoms with Gasteiger partial charge in [0.2, 0.25) is 0 Å². The molecule has 3 heterocycles. The number of carbonyl (C=O) groups is 1. The number of nitrogens with zero attached hydrogens (tertiary/aromatic N) is 2. The lowest BCUT2D eigenvalue weighted by molar-refractivity contribution is 0.0953. The molecule has 4 nitrogen and oxygen atoms in total. The molecule has 0 saturated heterocycles. The van der Waals surface area contributed by atoms with Crippen molar-refractivity contribution in [3.63, 3.8) is 0 Å². The van der Waals surface area contributed by atoms with E-state index < -0.39 is 0 Å². The second-order valence-electron chi connectivity index (χ2n) is 7.56. The zero-order valence-electron chi connectivity index (χ0n) is 17.0. The van der Waals surface area contributed by atoms with E-state index in [4.69, 9.17) is 0 Å². The third-order valence-corrected chi connectivity index (χ3v) is 7.14. The number of thiazole rings is 1. The van der Waals surface area contributed by atoms with E-state index in [1.165, 1.54) is 36.1 Å². The van der Waals surface area contributed by atoms with Gasteiger partial charge in [-0.25, -0.2) is 4.98 Å². The molecule has 1 aliphatic carbocycles. The van der Waals surface area contributed by atoms with Crippen LogP contribution in [0.15, 0.2) is 40.6 Å². The first-order valence-electron chi connectivity index (χ1n) is 10.2. The summed E-state index contributed by atoms with van der Waals surface area (Å²) in [5.74, 6) is 0.0111. The fourth-order valence-electron chi connectivity index (χ4n) is 3.89. The molecule has 4 rings (SSSR count). The fraction of sp³-hybridized carbons (Fsp3) is 0.391. The monoisotopic (exact) mass is 425 g/mol. The molecule has 1 N–H and O–H groups in total. The summed E-state index contributed by atoms with van der Waals surface area (Å²) in [4.78, 5) is 18.9. The van der Waals surface area contributed by atoms with Gasteiger partial charge in [-0.2, -0.15) is 0 Å². The molecule has 0 aliphatic heterocycles. The van der Waals surface area contributed by atoms with E-state index in [9.17, 15) is 4.79 Å². The van der Waals surface area contributed by atoms with Crippen molar-refractivity contribution < 1.29 is 4.79 Å². The molecule has 152 valence electrons. The van der Waals surface area contributed by atoms with Crippen molar-refractivity contribution in [3.05, 3.63) is 61.8 Å². The van der Waals surface area contributed by atoms with Crippen LogP contribution in [0.4, 0.5) is 0 Å².